The summed E-state index contributed by atoms with van der Waals surface area (Å²) in [4.78, 5) is 0. The molecule has 1 rings (SSSR count). The fourth-order valence-electron chi connectivity index (χ4n) is 0.592. The average Bonchev–Trinajstić information content (AvgIpc) is 2.13. The van der Waals surface area contributed by atoms with E-state index in [9.17, 15) is 0 Å². The Bertz CT molecular complexity index is 168. The highest BCUT2D eigenvalue weighted by atomic mass is 16.3. The first-order valence-corrected chi connectivity index (χ1v) is 2.82. The molecular formula is C7H9NO. The third-order valence-corrected chi connectivity index (χ3v) is 1.07. The van der Waals surface area contributed by atoms with Crippen molar-refractivity contribution in [2.75, 3.05) is 6.61 Å². The van der Waals surface area contributed by atoms with Crippen LogP contribution in [0.5, 0.6) is 0 Å². The van der Waals surface area contributed by atoms with Gasteiger partial charge in [0.15, 0.2) is 0 Å². The lowest BCUT2D eigenvalue weighted by Crippen LogP contribution is -1.95. The maximum atomic E-state index is 8.63. The molecule has 0 aromatic heterocycles. The summed E-state index contributed by atoms with van der Waals surface area (Å²) in [6, 6.07) is 0. The second-order valence-electron chi connectivity index (χ2n) is 1.76. The average molecular weight is 123 g/mol. The molecular weight excluding hydrogens is 114 g/mol. The molecule has 0 aromatic carbocycles. The molecule has 0 unspecified atom stereocenters. The highest BCUT2D eigenvalue weighted by Crippen LogP contribution is 1.96. The van der Waals surface area contributed by atoms with E-state index in [4.69, 9.17) is 5.11 Å². The van der Waals surface area contributed by atoms with E-state index in [1.807, 2.05) is 18.2 Å². The Kier molecular flexibility index (Phi) is 2.10. The van der Waals surface area contributed by atoms with Crippen molar-refractivity contribution in [2.45, 2.75) is 0 Å². The van der Waals surface area contributed by atoms with Crippen LogP contribution in [0.4, 0.5) is 0 Å². The molecule has 1 aliphatic rings. The number of allylic oxidation sites excluding steroid dienone is 2. The zero-order valence-corrected chi connectivity index (χ0v) is 5.04. The maximum Gasteiger partial charge on any atom is 0.0695 e. The number of nitrogens with one attached hydrogen (secondary N) is 1. The van der Waals surface area contributed by atoms with Crippen LogP contribution in [0, 0.1) is 0 Å². The minimum atomic E-state index is 0.0885. The lowest BCUT2D eigenvalue weighted by molar-refractivity contribution is 0.334. The van der Waals surface area contributed by atoms with Crippen LogP contribution in [-0.4, -0.2) is 11.7 Å². The van der Waals surface area contributed by atoms with Gasteiger partial charge in [-0.05, 0) is 11.6 Å². The van der Waals surface area contributed by atoms with Gasteiger partial charge in [-0.1, -0.05) is 12.2 Å². The summed E-state index contributed by atoms with van der Waals surface area (Å²) in [5, 5.41) is 11.5. The van der Waals surface area contributed by atoms with E-state index in [0.717, 1.165) is 5.57 Å². The molecule has 0 bridgehead atoms. The number of hydrogen-bond acceptors (Lipinski definition) is 2. The molecule has 0 fully saturated rings. The SMILES string of the molecule is OCC1=CNC=CC=C1. The number of rotatable bonds is 1. The zero-order valence-electron chi connectivity index (χ0n) is 5.04. The molecule has 2 N–H and O–H groups in total. The van der Waals surface area contributed by atoms with Gasteiger partial charge in [0.2, 0.25) is 0 Å². The van der Waals surface area contributed by atoms with Crippen LogP contribution < -0.4 is 5.32 Å². The van der Waals surface area contributed by atoms with Crippen molar-refractivity contribution in [3.8, 4) is 0 Å². The van der Waals surface area contributed by atoms with Gasteiger partial charge in [0.05, 0.1) is 6.61 Å². The van der Waals surface area contributed by atoms with Gasteiger partial charge in [-0.3, -0.25) is 0 Å². The highest BCUT2D eigenvalue weighted by molar-refractivity contribution is 5.24. The highest BCUT2D eigenvalue weighted by Gasteiger charge is 1.87. The summed E-state index contributed by atoms with van der Waals surface area (Å²) in [6.07, 6.45) is 9.18. The largest absolute Gasteiger partial charge is 0.392 e. The first-order valence-electron chi connectivity index (χ1n) is 2.82. The molecule has 1 aliphatic heterocycles. The summed E-state index contributed by atoms with van der Waals surface area (Å²) in [6.45, 7) is 0.0885. The monoisotopic (exact) mass is 123 g/mol. The second-order valence-corrected chi connectivity index (χ2v) is 1.76. The van der Waals surface area contributed by atoms with Gasteiger partial charge >= 0.3 is 0 Å². The zero-order chi connectivity index (χ0) is 6.53. The summed E-state index contributed by atoms with van der Waals surface area (Å²) < 4.78 is 0. The van der Waals surface area contributed by atoms with Gasteiger partial charge in [-0.25, -0.2) is 0 Å². The van der Waals surface area contributed by atoms with Crippen molar-refractivity contribution in [1.29, 1.82) is 0 Å². The Labute approximate surface area is 54.2 Å². The van der Waals surface area contributed by atoms with Crippen LogP contribution in [0.25, 0.3) is 0 Å². The van der Waals surface area contributed by atoms with E-state index in [2.05, 4.69) is 5.32 Å². The summed E-state index contributed by atoms with van der Waals surface area (Å²) >= 11 is 0. The smallest absolute Gasteiger partial charge is 0.0695 e. The van der Waals surface area contributed by atoms with Gasteiger partial charge in [0.25, 0.3) is 0 Å². The predicted molar refractivity (Wildman–Crippen MR) is 36.6 cm³/mol. The molecule has 0 amide bonds. The van der Waals surface area contributed by atoms with Gasteiger partial charge in [-0.15, -0.1) is 0 Å². The van der Waals surface area contributed by atoms with Gasteiger partial charge in [-0.2, -0.15) is 0 Å². The van der Waals surface area contributed by atoms with Gasteiger partial charge in [0, 0.05) is 12.4 Å². The minimum Gasteiger partial charge on any atom is -0.392 e. The predicted octanol–water partition coefficient (Wildman–Crippen LogP) is 0.536. The molecule has 0 aliphatic carbocycles. The number of aliphatic hydroxyl groups is 1. The van der Waals surface area contributed by atoms with Gasteiger partial charge in [0.1, 0.15) is 0 Å². The first kappa shape index (κ1) is 6.11. The van der Waals surface area contributed by atoms with Crippen LogP contribution in [0.15, 0.2) is 36.2 Å². The molecule has 1 heterocycles. The Balaban J connectivity index is 2.63. The summed E-state index contributed by atoms with van der Waals surface area (Å²) in [7, 11) is 0. The Morgan fingerprint density at radius 3 is 3.11 bits per heavy atom. The molecule has 0 atom stereocenters. The minimum absolute atomic E-state index is 0.0885. The van der Waals surface area contributed by atoms with Crippen LogP contribution >= 0.6 is 0 Å². The summed E-state index contributed by atoms with van der Waals surface area (Å²) in [5.74, 6) is 0. The van der Waals surface area contributed by atoms with E-state index in [1.165, 1.54) is 0 Å². The van der Waals surface area contributed by atoms with Crippen LogP contribution in [-0.2, 0) is 0 Å². The Morgan fingerprint density at radius 1 is 1.44 bits per heavy atom. The van der Waals surface area contributed by atoms with E-state index in [1.54, 1.807) is 12.4 Å². The summed E-state index contributed by atoms with van der Waals surface area (Å²) in [5.41, 5.74) is 0.889. The lowest BCUT2D eigenvalue weighted by atomic mass is 10.3. The second kappa shape index (κ2) is 3.10. The van der Waals surface area contributed by atoms with Crippen LogP contribution in [0.1, 0.15) is 0 Å². The topological polar surface area (TPSA) is 32.3 Å². The molecule has 2 heteroatoms. The van der Waals surface area contributed by atoms with Crippen molar-refractivity contribution in [2.24, 2.45) is 0 Å². The van der Waals surface area contributed by atoms with Crippen molar-refractivity contribution in [3.05, 3.63) is 36.2 Å². The number of hydrogen-bond donors (Lipinski definition) is 2. The Hall–Kier alpha value is -1.02. The molecule has 0 spiro atoms. The fraction of sp³-hybridized carbons (Fsp3) is 0.143. The van der Waals surface area contributed by atoms with E-state index in [-0.39, 0.29) is 6.61 Å². The first-order chi connectivity index (χ1) is 4.43. The van der Waals surface area contributed by atoms with Crippen molar-refractivity contribution < 1.29 is 5.11 Å². The molecule has 0 saturated carbocycles. The van der Waals surface area contributed by atoms with Crippen LogP contribution in [0.3, 0.4) is 0 Å². The van der Waals surface area contributed by atoms with Crippen molar-refractivity contribution in [3.63, 3.8) is 0 Å². The van der Waals surface area contributed by atoms with E-state index in [0.29, 0.717) is 0 Å². The quantitative estimate of drug-likeness (QED) is 0.533. The maximum absolute atomic E-state index is 8.63. The van der Waals surface area contributed by atoms with Crippen LogP contribution in [0.2, 0.25) is 0 Å². The van der Waals surface area contributed by atoms with Gasteiger partial charge < -0.3 is 10.4 Å². The molecule has 0 aromatic rings. The standard InChI is InChI=1S/C7H9NO/c9-6-7-3-1-2-4-8-5-7/h1-5,8-9H,6H2. The van der Waals surface area contributed by atoms with E-state index < -0.39 is 0 Å². The molecule has 9 heavy (non-hydrogen) atoms. The third kappa shape index (κ3) is 1.74. The van der Waals surface area contributed by atoms with Crippen molar-refractivity contribution >= 4 is 0 Å². The lowest BCUT2D eigenvalue weighted by Gasteiger charge is -1.91. The molecule has 48 valence electrons. The molecule has 0 saturated heterocycles. The fourth-order valence-corrected chi connectivity index (χ4v) is 0.592. The molecule has 0 radical (unpaired) electrons. The van der Waals surface area contributed by atoms with Crippen molar-refractivity contribution in [1.82, 2.24) is 5.32 Å². The van der Waals surface area contributed by atoms with E-state index >= 15 is 0 Å². The normalized spacial score (nSPS) is 16.3. The molecule has 2 nitrogen and oxygen atoms in total. The Morgan fingerprint density at radius 2 is 2.33 bits per heavy atom. The third-order valence-electron chi connectivity index (χ3n) is 1.07. The number of aliphatic hydroxyl groups excluding tert-OH is 1.